The summed E-state index contributed by atoms with van der Waals surface area (Å²) in [5.41, 5.74) is 3.08. The van der Waals surface area contributed by atoms with Crippen molar-refractivity contribution in [2.24, 2.45) is 5.16 Å². The molecule has 0 amide bonds. The van der Waals surface area contributed by atoms with E-state index in [1.807, 2.05) is 55.1 Å². The molecule has 0 aromatic heterocycles. The molecule has 1 fully saturated rings. The number of oxime groups is 1. The fraction of sp³-hybridized carbons (Fsp3) is 0.350. The Morgan fingerprint density at radius 2 is 2.08 bits per heavy atom. The molecule has 1 N–H and O–H groups in total. The van der Waals surface area contributed by atoms with Crippen molar-refractivity contribution in [3.05, 3.63) is 64.7 Å². The molecule has 1 atom stereocenters. The van der Waals surface area contributed by atoms with E-state index in [-0.39, 0.29) is 0 Å². The van der Waals surface area contributed by atoms with Gasteiger partial charge in [0, 0.05) is 28.3 Å². The number of thioether (sulfide) groups is 1. The molecule has 1 aliphatic heterocycles. The Morgan fingerprint density at radius 1 is 1.23 bits per heavy atom. The third-order valence-electron chi connectivity index (χ3n) is 4.07. The fourth-order valence-corrected chi connectivity index (χ4v) is 3.88. The molecule has 6 heteroatoms. The van der Waals surface area contributed by atoms with Crippen LogP contribution in [0.25, 0.3) is 0 Å². The van der Waals surface area contributed by atoms with Gasteiger partial charge < -0.3 is 14.9 Å². The van der Waals surface area contributed by atoms with Crippen LogP contribution in [0, 0.1) is 0 Å². The third kappa shape index (κ3) is 5.94. The van der Waals surface area contributed by atoms with E-state index < -0.39 is 0 Å². The zero-order chi connectivity index (χ0) is 18.2. The van der Waals surface area contributed by atoms with Crippen molar-refractivity contribution in [1.29, 1.82) is 0 Å². The van der Waals surface area contributed by atoms with Crippen molar-refractivity contribution >= 4 is 29.1 Å². The first kappa shape index (κ1) is 19.1. The lowest BCUT2D eigenvalue weighted by atomic mass is 10.1. The summed E-state index contributed by atoms with van der Waals surface area (Å²) >= 11 is 7.96. The number of nitrogens with zero attached hydrogens (tertiary/aromatic N) is 1. The molecular formula is C20H23ClN2O2S. The van der Waals surface area contributed by atoms with Crippen molar-refractivity contribution < 1.29 is 9.57 Å². The van der Waals surface area contributed by atoms with Gasteiger partial charge in [-0.15, -0.1) is 11.8 Å². The predicted molar refractivity (Wildman–Crippen MR) is 110 cm³/mol. The first-order chi connectivity index (χ1) is 12.7. The van der Waals surface area contributed by atoms with Crippen molar-refractivity contribution in [3.63, 3.8) is 0 Å². The van der Waals surface area contributed by atoms with Crippen LogP contribution < -0.4 is 10.1 Å². The highest BCUT2D eigenvalue weighted by atomic mass is 35.5. The minimum atomic E-state index is 0.393. The van der Waals surface area contributed by atoms with Gasteiger partial charge in [-0.05, 0) is 43.2 Å². The Bertz CT molecular complexity index is 731. The van der Waals surface area contributed by atoms with Gasteiger partial charge in [-0.3, -0.25) is 0 Å². The Morgan fingerprint density at radius 3 is 2.81 bits per heavy atom. The van der Waals surface area contributed by atoms with Crippen LogP contribution in [0.2, 0.25) is 5.02 Å². The summed E-state index contributed by atoms with van der Waals surface area (Å²) in [5.74, 6) is 1.91. The van der Waals surface area contributed by atoms with Crippen LogP contribution in [-0.4, -0.2) is 36.6 Å². The largest absolute Gasteiger partial charge is 0.490 e. The maximum absolute atomic E-state index is 5.98. The number of rotatable bonds is 8. The molecule has 1 aliphatic rings. The molecule has 0 bridgehead atoms. The molecule has 1 unspecified atom stereocenters. The van der Waals surface area contributed by atoms with Gasteiger partial charge in [0.05, 0.1) is 5.71 Å². The summed E-state index contributed by atoms with van der Waals surface area (Å²) in [5, 5.41) is 8.84. The van der Waals surface area contributed by atoms with Crippen LogP contribution in [0.4, 0.5) is 0 Å². The smallest absolute Gasteiger partial charge is 0.151 e. The van der Waals surface area contributed by atoms with Crippen LogP contribution in [-0.2, 0) is 11.3 Å². The van der Waals surface area contributed by atoms with E-state index in [1.54, 1.807) is 0 Å². The number of hydrogen-bond donors (Lipinski definition) is 1. The maximum atomic E-state index is 5.98. The molecule has 1 saturated heterocycles. The zero-order valence-corrected chi connectivity index (χ0v) is 16.4. The number of halogens is 1. The van der Waals surface area contributed by atoms with Crippen molar-refractivity contribution in [2.75, 3.05) is 25.6 Å². The highest BCUT2D eigenvalue weighted by Crippen LogP contribution is 2.21. The molecule has 1 heterocycles. The van der Waals surface area contributed by atoms with E-state index in [4.69, 9.17) is 21.2 Å². The molecule has 26 heavy (non-hydrogen) atoms. The molecule has 4 nitrogen and oxygen atoms in total. The van der Waals surface area contributed by atoms with Gasteiger partial charge in [0.15, 0.2) is 6.61 Å². The molecule has 2 aromatic carbocycles. The Kier molecular flexibility index (Phi) is 7.23. The molecule has 0 spiro atoms. The van der Waals surface area contributed by atoms with Crippen molar-refractivity contribution in [3.8, 4) is 5.75 Å². The number of hydrogen-bond acceptors (Lipinski definition) is 5. The second kappa shape index (κ2) is 9.86. The maximum Gasteiger partial charge on any atom is 0.151 e. The van der Waals surface area contributed by atoms with Gasteiger partial charge in [-0.25, -0.2) is 0 Å². The van der Waals surface area contributed by atoms with Crippen molar-refractivity contribution in [2.45, 2.75) is 18.6 Å². The summed E-state index contributed by atoms with van der Waals surface area (Å²) in [4.78, 5) is 5.33. The number of nitrogens with one attached hydrogen (secondary N) is 1. The summed E-state index contributed by atoms with van der Waals surface area (Å²) in [7, 11) is 0. The third-order valence-corrected chi connectivity index (χ3v) is 5.48. The van der Waals surface area contributed by atoms with Crippen LogP contribution in [0.5, 0.6) is 5.75 Å². The molecular weight excluding hydrogens is 368 g/mol. The Hall–Kier alpha value is -1.69. The average molecular weight is 391 g/mol. The molecule has 0 saturated carbocycles. The van der Waals surface area contributed by atoms with Gasteiger partial charge in [-0.2, -0.15) is 0 Å². The zero-order valence-electron chi connectivity index (χ0n) is 14.8. The van der Waals surface area contributed by atoms with Gasteiger partial charge in [0.1, 0.15) is 12.4 Å². The summed E-state index contributed by atoms with van der Waals surface area (Å²) in [6.07, 6.45) is 1.10. The van der Waals surface area contributed by atoms with Gasteiger partial charge in [0.25, 0.3) is 0 Å². The van der Waals surface area contributed by atoms with E-state index in [0.717, 1.165) is 35.9 Å². The molecule has 3 rings (SSSR count). The second-order valence-corrected chi connectivity index (χ2v) is 7.83. The van der Waals surface area contributed by atoms with E-state index in [0.29, 0.717) is 23.5 Å². The Labute approximate surface area is 163 Å². The summed E-state index contributed by atoms with van der Waals surface area (Å²) in [6.45, 7) is 3.83. The SMILES string of the molecule is CC(=NOCCOc1ccc(CC2CNCS2)cc1)c1cccc(Cl)c1. The van der Waals surface area contributed by atoms with Crippen molar-refractivity contribution in [1.82, 2.24) is 5.32 Å². The van der Waals surface area contributed by atoms with E-state index in [9.17, 15) is 0 Å². The minimum Gasteiger partial charge on any atom is -0.490 e. The van der Waals surface area contributed by atoms with E-state index in [1.165, 1.54) is 5.56 Å². The Balaban J connectivity index is 1.38. The summed E-state index contributed by atoms with van der Waals surface area (Å²) < 4.78 is 5.70. The van der Waals surface area contributed by atoms with Crippen LogP contribution >= 0.6 is 23.4 Å². The van der Waals surface area contributed by atoms with Gasteiger partial charge >= 0.3 is 0 Å². The number of ether oxygens (including phenoxy) is 1. The average Bonchev–Trinajstić information content (AvgIpc) is 3.16. The first-order valence-corrected chi connectivity index (χ1v) is 10.1. The highest BCUT2D eigenvalue weighted by molar-refractivity contribution is 8.00. The highest BCUT2D eigenvalue weighted by Gasteiger charge is 2.15. The van der Waals surface area contributed by atoms with Crippen LogP contribution in [0.1, 0.15) is 18.1 Å². The minimum absolute atomic E-state index is 0.393. The topological polar surface area (TPSA) is 42.9 Å². The molecule has 0 aliphatic carbocycles. The summed E-state index contributed by atoms with van der Waals surface area (Å²) in [6, 6.07) is 15.8. The van der Waals surface area contributed by atoms with E-state index >= 15 is 0 Å². The van der Waals surface area contributed by atoms with Crippen LogP contribution in [0.3, 0.4) is 0 Å². The lowest BCUT2D eigenvalue weighted by molar-refractivity contribution is 0.107. The molecule has 0 radical (unpaired) electrons. The lowest BCUT2D eigenvalue weighted by Gasteiger charge is -2.09. The quantitative estimate of drug-likeness (QED) is 0.413. The van der Waals surface area contributed by atoms with E-state index in [2.05, 4.69) is 22.6 Å². The molecule has 2 aromatic rings. The van der Waals surface area contributed by atoms with Crippen LogP contribution in [0.15, 0.2) is 53.7 Å². The van der Waals surface area contributed by atoms with Gasteiger partial charge in [-0.1, -0.05) is 41.0 Å². The predicted octanol–water partition coefficient (Wildman–Crippen LogP) is 4.36. The molecule has 138 valence electrons. The second-order valence-electron chi connectivity index (χ2n) is 6.10. The first-order valence-electron chi connectivity index (χ1n) is 8.67. The monoisotopic (exact) mass is 390 g/mol. The normalized spacial score (nSPS) is 17.3. The fourth-order valence-electron chi connectivity index (χ4n) is 2.68. The number of benzene rings is 2. The standard InChI is InChI=1S/C20H23ClN2O2S/c1-15(17-3-2-4-18(21)12-17)23-25-10-9-24-19-7-5-16(6-8-19)11-20-13-22-14-26-20/h2-8,12,20,22H,9-11,13-14H2,1H3. The van der Waals surface area contributed by atoms with Gasteiger partial charge in [0.2, 0.25) is 0 Å². The lowest BCUT2D eigenvalue weighted by Crippen LogP contribution is -2.14.